The van der Waals surface area contributed by atoms with E-state index in [1.54, 1.807) is 0 Å². The van der Waals surface area contributed by atoms with Crippen LogP contribution in [0.15, 0.2) is 0 Å². The highest BCUT2D eigenvalue weighted by Crippen LogP contribution is 2.23. The Kier molecular flexibility index (Phi) is 4.74. The molecule has 0 rings (SSSR count). The van der Waals surface area contributed by atoms with E-state index >= 15 is 0 Å². The zero-order valence-electron chi connectivity index (χ0n) is 8.48. The number of hydrogen-bond donors (Lipinski definition) is 1. The van der Waals surface area contributed by atoms with Gasteiger partial charge in [0.25, 0.3) is 10.1 Å². The van der Waals surface area contributed by atoms with Crippen LogP contribution in [0.5, 0.6) is 0 Å². The first-order valence-corrected chi connectivity index (χ1v) is 5.76. The largest absolute Gasteiger partial charge is 0.453 e. The van der Waals surface area contributed by atoms with Crippen molar-refractivity contribution in [2.75, 3.05) is 5.75 Å². The van der Waals surface area contributed by atoms with Crippen molar-refractivity contribution in [3.8, 4) is 0 Å². The van der Waals surface area contributed by atoms with Gasteiger partial charge in [-0.1, -0.05) is 6.92 Å². The van der Waals surface area contributed by atoms with Crippen LogP contribution in [0.1, 0.15) is 13.8 Å². The van der Waals surface area contributed by atoms with Gasteiger partial charge in [0.05, 0.1) is 11.7 Å². The van der Waals surface area contributed by atoms with Gasteiger partial charge in [0.1, 0.15) is 0 Å². The molecule has 2 atom stereocenters. The predicted octanol–water partition coefficient (Wildman–Crippen LogP) is 1.00. The van der Waals surface area contributed by atoms with E-state index in [0.29, 0.717) is 6.92 Å². The van der Waals surface area contributed by atoms with Crippen LogP contribution in [0.4, 0.5) is 13.2 Å². The molecule has 1 N–H and O–H groups in total. The molecule has 0 bridgehead atoms. The molecule has 0 aliphatic rings. The summed E-state index contributed by atoms with van der Waals surface area (Å²) in [5.74, 6) is -3.67. The maximum atomic E-state index is 12.0. The maximum Gasteiger partial charge on any atom is 0.425 e. The molecule has 0 radical (unpaired) electrons. The van der Waals surface area contributed by atoms with Crippen LogP contribution in [0, 0.1) is 5.92 Å². The van der Waals surface area contributed by atoms with Crippen molar-refractivity contribution < 1.29 is 35.7 Å². The van der Waals surface area contributed by atoms with Gasteiger partial charge >= 0.3 is 12.1 Å². The number of esters is 1. The quantitative estimate of drug-likeness (QED) is 0.605. The van der Waals surface area contributed by atoms with Crippen molar-refractivity contribution in [3.05, 3.63) is 0 Å². The van der Waals surface area contributed by atoms with Gasteiger partial charge in [-0.3, -0.25) is 9.35 Å². The molecule has 0 spiro atoms. The monoisotopic (exact) mass is 264 g/mol. The van der Waals surface area contributed by atoms with Gasteiger partial charge < -0.3 is 4.74 Å². The minimum atomic E-state index is -4.70. The second-order valence-corrected chi connectivity index (χ2v) is 4.77. The fourth-order valence-corrected chi connectivity index (χ4v) is 1.51. The average molecular weight is 264 g/mol. The number of hydrogen-bond acceptors (Lipinski definition) is 4. The van der Waals surface area contributed by atoms with Gasteiger partial charge in [0.2, 0.25) is 0 Å². The van der Waals surface area contributed by atoms with Crippen molar-refractivity contribution in [1.29, 1.82) is 0 Å². The van der Waals surface area contributed by atoms with E-state index in [1.165, 1.54) is 0 Å². The molecule has 5 nitrogen and oxygen atoms in total. The number of carbonyl (C=O) groups is 1. The normalized spacial score (nSPS) is 16.6. The van der Waals surface area contributed by atoms with Crippen LogP contribution in [0.25, 0.3) is 0 Å². The Balaban J connectivity index is 4.38. The molecule has 0 heterocycles. The molecule has 16 heavy (non-hydrogen) atoms. The van der Waals surface area contributed by atoms with Crippen molar-refractivity contribution in [1.82, 2.24) is 0 Å². The summed E-state index contributed by atoms with van der Waals surface area (Å²) in [5, 5.41) is 0. The van der Waals surface area contributed by atoms with Crippen LogP contribution in [-0.4, -0.2) is 37.0 Å². The summed E-state index contributed by atoms with van der Waals surface area (Å²) in [6, 6.07) is 0. The summed E-state index contributed by atoms with van der Waals surface area (Å²) in [7, 11) is -4.42. The highest BCUT2D eigenvalue weighted by Gasteiger charge is 2.40. The Morgan fingerprint density at radius 2 is 1.81 bits per heavy atom. The first-order chi connectivity index (χ1) is 6.93. The number of alkyl halides is 3. The van der Waals surface area contributed by atoms with E-state index in [1.807, 2.05) is 0 Å². The molecule has 0 aliphatic carbocycles. The first kappa shape index (κ1) is 15.2. The fourth-order valence-electron chi connectivity index (χ4n) is 0.741. The summed E-state index contributed by atoms with van der Waals surface area (Å²) in [5.41, 5.74) is 0. The minimum Gasteiger partial charge on any atom is -0.453 e. The SMILES string of the molecule is CC(CS(=O)(=O)O)C(=O)OC(C)C(F)(F)F. The molecule has 2 unspecified atom stereocenters. The molecule has 96 valence electrons. The average Bonchev–Trinajstić information content (AvgIpc) is 1.98. The van der Waals surface area contributed by atoms with Gasteiger partial charge in [-0.2, -0.15) is 21.6 Å². The molecule has 0 aromatic carbocycles. The van der Waals surface area contributed by atoms with Gasteiger partial charge in [-0.15, -0.1) is 0 Å². The smallest absolute Gasteiger partial charge is 0.425 e. The molecule has 0 aliphatic heterocycles. The Morgan fingerprint density at radius 1 is 1.38 bits per heavy atom. The summed E-state index contributed by atoms with van der Waals surface area (Å²) >= 11 is 0. The Hall–Kier alpha value is -0.830. The maximum absolute atomic E-state index is 12.0. The van der Waals surface area contributed by atoms with Crippen LogP contribution < -0.4 is 0 Å². The molecule has 0 saturated carbocycles. The Bertz CT molecular complexity index is 348. The van der Waals surface area contributed by atoms with Gasteiger partial charge in [0.15, 0.2) is 6.10 Å². The number of halogens is 3. The highest BCUT2D eigenvalue weighted by molar-refractivity contribution is 7.85. The second-order valence-electron chi connectivity index (χ2n) is 3.27. The molecule has 0 fully saturated rings. The third kappa shape index (κ3) is 5.91. The van der Waals surface area contributed by atoms with Crippen LogP contribution in [-0.2, 0) is 19.6 Å². The molecule has 0 aromatic rings. The summed E-state index contributed by atoms with van der Waals surface area (Å²) < 4.78 is 69.0. The van der Waals surface area contributed by atoms with E-state index in [-0.39, 0.29) is 0 Å². The minimum absolute atomic E-state index is 0.623. The standard InChI is InChI=1S/C7H11F3O5S/c1-4(3-16(12,13)14)6(11)15-5(2)7(8,9)10/h4-5H,3H2,1-2H3,(H,12,13,14). The van der Waals surface area contributed by atoms with E-state index in [0.717, 1.165) is 6.92 Å². The van der Waals surface area contributed by atoms with E-state index in [9.17, 15) is 26.4 Å². The topological polar surface area (TPSA) is 80.7 Å². The molecule has 0 aromatic heterocycles. The zero-order valence-corrected chi connectivity index (χ0v) is 9.30. The first-order valence-electron chi connectivity index (χ1n) is 4.16. The molecule has 0 saturated heterocycles. The van der Waals surface area contributed by atoms with Gasteiger partial charge in [-0.25, -0.2) is 0 Å². The Morgan fingerprint density at radius 3 is 2.12 bits per heavy atom. The van der Waals surface area contributed by atoms with Gasteiger partial charge in [0, 0.05) is 0 Å². The van der Waals surface area contributed by atoms with Crippen molar-refractivity contribution in [2.45, 2.75) is 26.1 Å². The third-order valence-electron chi connectivity index (χ3n) is 1.62. The number of rotatable bonds is 4. The number of carbonyl (C=O) groups excluding carboxylic acids is 1. The van der Waals surface area contributed by atoms with Crippen LogP contribution in [0.3, 0.4) is 0 Å². The molecule has 9 heteroatoms. The van der Waals surface area contributed by atoms with E-state index < -0.39 is 40.0 Å². The van der Waals surface area contributed by atoms with Crippen molar-refractivity contribution in [3.63, 3.8) is 0 Å². The lowest BCUT2D eigenvalue weighted by atomic mass is 10.2. The molecule has 0 amide bonds. The summed E-state index contributed by atoms with van der Waals surface area (Å²) in [6.07, 6.45) is -7.02. The summed E-state index contributed by atoms with van der Waals surface area (Å²) in [6.45, 7) is 1.66. The lowest BCUT2D eigenvalue weighted by molar-refractivity contribution is -0.217. The third-order valence-corrected chi connectivity index (χ3v) is 2.54. The summed E-state index contributed by atoms with van der Waals surface area (Å²) in [4.78, 5) is 11.0. The second kappa shape index (κ2) is 5.00. The van der Waals surface area contributed by atoms with Crippen molar-refractivity contribution in [2.24, 2.45) is 5.92 Å². The molecular weight excluding hydrogens is 253 g/mol. The van der Waals surface area contributed by atoms with E-state index in [4.69, 9.17) is 4.55 Å². The Labute approximate surface area is 90.3 Å². The lowest BCUT2D eigenvalue weighted by Crippen LogP contribution is -2.34. The van der Waals surface area contributed by atoms with Gasteiger partial charge in [-0.05, 0) is 6.92 Å². The highest BCUT2D eigenvalue weighted by atomic mass is 32.2. The lowest BCUT2D eigenvalue weighted by Gasteiger charge is -2.18. The van der Waals surface area contributed by atoms with Crippen LogP contribution in [0.2, 0.25) is 0 Å². The van der Waals surface area contributed by atoms with Crippen LogP contribution >= 0.6 is 0 Å². The molecular formula is C7H11F3O5S. The van der Waals surface area contributed by atoms with E-state index in [2.05, 4.69) is 4.74 Å². The number of ether oxygens (including phenoxy) is 1. The fraction of sp³-hybridized carbons (Fsp3) is 0.857. The predicted molar refractivity (Wildman–Crippen MR) is 47.2 cm³/mol. The zero-order chi connectivity index (χ0) is 13.1. The van der Waals surface area contributed by atoms with Crippen molar-refractivity contribution >= 4 is 16.1 Å².